The van der Waals surface area contributed by atoms with Crippen LogP contribution in [0.3, 0.4) is 0 Å². The highest BCUT2D eigenvalue weighted by molar-refractivity contribution is 5.92. The van der Waals surface area contributed by atoms with Crippen LogP contribution in [0.5, 0.6) is 0 Å². The molecule has 2 heterocycles. The summed E-state index contributed by atoms with van der Waals surface area (Å²) >= 11 is 0. The number of hydrogen-bond acceptors (Lipinski definition) is 2. The van der Waals surface area contributed by atoms with Gasteiger partial charge in [0.05, 0.1) is 11.0 Å². The molecular formula is C12H18O2. The lowest BCUT2D eigenvalue weighted by Gasteiger charge is -2.46. The third kappa shape index (κ3) is 0.758. The van der Waals surface area contributed by atoms with E-state index in [1.165, 1.54) is 19.3 Å². The third-order valence-electron chi connectivity index (χ3n) is 4.83. The van der Waals surface area contributed by atoms with E-state index in [2.05, 4.69) is 13.8 Å². The standard InChI is InChI=1S/C12H18O2/c1-11(2)10(13)9-7-8-5-3-4-6-12(8,11)14-9/h8-9H,3-7H2,1-2H3/t8-,9+,12-/m0/s1. The predicted molar refractivity (Wildman–Crippen MR) is 53.0 cm³/mol. The average Bonchev–Trinajstić information content (AvgIpc) is 2.62. The molecule has 1 spiro atoms. The summed E-state index contributed by atoms with van der Waals surface area (Å²) in [6, 6.07) is 0. The molecule has 1 aliphatic carbocycles. The van der Waals surface area contributed by atoms with Gasteiger partial charge >= 0.3 is 0 Å². The lowest BCUT2D eigenvalue weighted by molar-refractivity contribution is -0.132. The van der Waals surface area contributed by atoms with Crippen molar-refractivity contribution in [3.63, 3.8) is 0 Å². The Kier molecular flexibility index (Phi) is 1.53. The van der Waals surface area contributed by atoms with Crippen molar-refractivity contribution in [2.24, 2.45) is 11.3 Å². The molecule has 0 radical (unpaired) electrons. The van der Waals surface area contributed by atoms with Crippen molar-refractivity contribution < 1.29 is 9.53 Å². The molecule has 3 atom stereocenters. The molecule has 78 valence electrons. The minimum absolute atomic E-state index is 0.0619. The van der Waals surface area contributed by atoms with Gasteiger partial charge in [0.1, 0.15) is 6.10 Å². The Morgan fingerprint density at radius 1 is 1.36 bits per heavy atom. The SMILES string of the molecule is CC1(C)C(=O)[C@H]2C[C@@H]3CCCC[C@]31O2. The quantitative estimate of drug-likeness (QED) is 0.591. The molecule has 0 aromatic rings. The van der Waals surface area contributed by atoms with Gasteiger partial charge in [-0.2, -0.15) is 0 Å². The summed E-state index contributed by atoms with van der Waals surface area (Å²) in [7, 11) is 0. The molecule has 0 aromatic carbocycles. The van der Waals surface area contributed by atoms with Crippen LogP contribution in [0.15, 0.2) is 0 Å². The van der Waals surface area contributed by atoms with Crippen molar-refractivity contribution in [2.45, 2.75) is 57.7 Å². The van der Waals surface area contributed by atoms with Gasteiger partial charge in [-0.1, -0.05) is 26.7 Å². The smallest absolute Gasteiger partial charge is 0.170 e. The molecule has 3 fully saturated rings. The molecule has 2 aliphatic heterocycles. The molecule has 1 saturated carbocycles. The van der Waals surface area contributed by atoms with Crippen LogP contribution in [-0.2, 0) is 9.53 Å². The van der Waals surface area contributed by atoms with Crippen LogP contribution in [0.4, 0.5) is 0 Å². The second-order valence-corrected chi connectivity index (χ2v) is 5.66. The zero-order valence-corrected chi connectivity index (χ0v) is 9.01. The van der Waals surface area contributed by atoms with Gasteiger partial charge in [-0.15, -0.1) is 0 Å². The molecule has 0 aromatic heterocycles. The fourth-order valence-electron chi connectivity index (χ4n) is 3.98. The lowest BCUT2D eigenvalue weighted by atomic mass is 9.57. The molecular weight excluding hydrogens is 176 g/mol. The van der Waals surface area contributed by atoms with Crippen molar-refractivity contribution in [1.82, 2.24) is 0 Å². The molecule has 3 aliphatic rings. The highest BCUT2D eigenvalue weighted by Crippen LogP contribution is 2.61. The number of ketones is 1. The molecule has 2 saturated heterocycles. The molecule has 2 bridgehead atoms. The Bertz CT molecular complexity index is 295. The fraction of sp³-hybridized carbons (Fsp3) is 0.917. The van der Waals surface area contributed by atoms with Crippen LogP contribution < -0.4 is 0 Å². The van der Waals surface area contributed by atoms with E-state index in [4.69, 9.17) is 4.74 Å². The molecule has 0 N–H and O–H groups in total. The van der Waals surface area contributed by atoms with Crippen LogP contribution in [0.25, 0.3) is 0 Å². The van der Waals surface area contributed by atoms with Crippen molar-refractivity contribution in [2.75, 3.05) is 0 Å². The summed E-state index contributed by atoms with van der Waals surface area (Å²) in [4.78, 5) is 12.0. The number of rotatable bonds is 0. The van der Waals surface area contributed by atoms with Crippen molar-refractivity contribution in [3.05, 3.63) is 0 Å². The van der Waals surface area contributed by atoms with E-state index in [0.29, 0.717) is 11.7 Å². The molecule has 14 heavy (non-hydrogen) atoms. The number of carbonyl (C=O) groups excluding carboxylic acids is 1. The van der Waals surface area contributed by atoms with Crippen LogP contribution in [-0.4, -0.2) is 17.5 Å². The van der Waals surface area contributed by atoms with Crippen molar-refractivity contribution in [3.8, 4) is 0 Å². The van der Waals surface area contributed by atoms with Gasteiger partial charge in [0.2, 0.25) is 0 Å². The first-order chi connectivity index (χ1) is 6.58. The van der Waals surface area contributed by atoms with E-state index < -0.39 is 0 Å². The number of ether oxygens (including phenoxy) is 1. The zero-order valence-electron chi connectivity index (χ0n) is 9.01. The molecule has 2 heteroatoms. The predicted octanol–water partition coefficient (Wildman–Crippen LogP) is 2.31. The Morgan fingerprint density at radius 3 is 2.86 bits per heavy atom. The molecule has 3 rings (SSSR count). The first kappa shape index (κ1) is 8.90. The molecule has 0 unspecified atom stereocenters. The van der Waals surface area contributed by atoms with Gasteiger partial charge in [-0.3, -0.25) is 4.79 Å². The number of fused-ring (bicyclic) bond motifs is 1. The topological polar surface area (TPSA) is 26.3 Å². The Morgan fingerprint density at radius 2 is 2.14 bits per heavy atom. The highest BCUT2D eigenvalue weighted by Gasteiger charge is 2.68. The normalized spacial score (nSPS) is 49.4. The molecule has 0 amide bonds. The Labute approximate surface area is 85.0 Å². The maximum Gasteiger partial charge on any atom is 0.170 e. The van der Waals surface area contributed by atoms with E-state index in [1.807, 2.05) is 0 Å². The van der Waals surface area contributed by atoms with Gasteiger partial charge in [0.25, 0.3) is 0 Å². The Balaban J connectivity index is 2.06. The summed E-state index contributed by atoms with van der Waals surface area (Å²) in [5.74, 6) is 1.02. The maximum absolute atomic E-state index is 12.0. The van der Waals surface area contributed by atoms with E-state index >= 15 is 0 Å². The van der Waals surface area contributed by atoms with Gasteiger partial charge in [0.15, 0.2) is 5.78 Å². The number of carbonyl (C=O) groups is 1. The van der Waals surface area contributed by atoms with E-state index in [1.54, 1.807) is 0 Å². The summed E-state index contributed by atoms with van der Waals surface area (Å²) in [6.45, 7) is 4.18. The minimum atomic E-state index is -0.221. The summed E-state index contributed by atoms with van der Waals surface area (Å²) in [6.07, 6.45) is 5.88. The van der Waals surface area contributed by atoms with Crippen molar-refractivity contribution >= 4 is 5.78 Å². The highest BCUT2D eigenvalue weighted by atomic mass is 16.5. The van der Waals surface area contributed by atoms with Crippen LogP contribution in [0.2, 0.25) is 0 Å². The van der Waals surface area contributed by atoms with E-state index in [9.17, 15) is 4.79 Å². The van der Waals surface area contributed by atoms with E-state index in [0.717, 1.165) is 12.8 Å². The number of Topliss-reactive ketones (excluding diaryl/α,β-unsaturated/α-hetero) is 1. The first-order valence-electron chi connectivity index (χ1n) is 5.80. The lowest BCUT2D eigenvalue weighted by Crippen LogP contribution is -2.52. The van der Waals surface area contributed by atoms with Crippen molar-refractivity contribution in [1.29, 1.82) is 0 Å². The minimum Gasteiger partial charge on any atom is -0.363 e. The van der Waals surface area contributed by atoms with Gasteiger partial charge in [0, 0.05) is 0 Å². The van der Waals surface area contributed by atoms with Crippen LogP contribution >= 0.6 is 0 Å². The average molecular weight is 194 g/mol. The second kappa shape index (κ2) is 2.41. The summed E-state index contributed by atoms with van der Waals surface area (Å²) in [5.41, 5.74) is -0.298. The third-order valence-corrected chi connectivity index (χ3v) is 4.83. The monoisotopic (exact) mass is 194 g/mol. The summed E-state index contributed by atoms with van der Waals surface area (Å²) < 4.78 is 6.04. The van der Waals surface area contributed by atoms with Crippen LogP contribution in [0, 0.1) is 11.3 Å². The largest absolute Gasteiger partial charge is 0.363 e. The Hall–Kier alpha value is -0.370. The molecule has 2 nitrogen and oxygen atoms in total. The zero-order chi connectivity index (χ0) is 9.97. The van der Waals surface area contributed by atoms with Crippen LogP contribution in [0.1, 0.15) is 46.0 Å². The fourth-order valence-corrected chi connectivity index (χ4v) is 3.98. The maximum atomic E-state index is 12.0. The van der Waals surface area contributed by atoms with Gasteiger partial charge in [-0.25, -0.2) is 0 Å². The van der Waals surface area contributed by atoms with E-state index in [-0.39, 0.29) is 17.1 Å². The first-order valence-corrected chi connectivity index (χ1v) is 5.80. The van der Waals surface area contributed by atoms with Gasteiger partial charge < -0.3 is 4.74 Å². The second-order valence-electron chi connectivity index (χ2n) is 5.66. The summed E-state index contributed by atoms with van der Waals surface area (Å²) in [5, 5.41) is 0. The van der Waals surface area contributed by atoms with Gasteiger partial charge in [-0.05, 0) is 25.2 Å². The number of hydrogen-bond donors (Lipinski definition) is 0.